The molecule has 0 saturated heterocycles. The first kappa shape index (κ1) is 12.8. The lowest BCUT2D eigenvalue weighted by Crippen LogP contribution is -3.00. The number of nitrogens with zero attached hydrogens (tertiary/aromatic N) is 1. The molecule has 0 aliphatic carbocycles. The zero-order chi connectivity index (χ0) is 9.14. The molecule has 0 aliphatic heterocycles. The quantitative estimate of drug-likeness (QED) is 0.466. The molecule has 0 bridgehead atoms. The van der Waals surface area contributed by atoms with Crippen LogP contribution in [0.15, 0.2) is 18.2 Å². The highest BCUT2D eigenvalue weighted by Crippen LogP contribution is 2.23. The Morgan fingerprint density at radius 1 is 1.23 bits per heavy atom. The number of rotatable bonds is 1. The average molecular weight is 239 g/mol. The second kappa shape index (κ2) is 5.48. The largest absolute Gasteiger partial charge is 1.00 e. The fourth-order valence-electron chi connectivity index (χ4n) is 0.898. The van der Waals surface area contributed by atoms with Gasteiger partial charge in [-0.15, -0.1) is 0 Å². The van der Waals surface area contributed by atoms with Gasteiger partial charge in [-0.05, 0) is 12.1 Å². The molecule has 0 fully saturated rings. The van der Waals surface area contributed by atoms with Crippen LogP contribution >= 0.6 is 23.2 Å². The third kappa shape index (κ3) is 3.55. The molecule has 4 heteroatoms. The van der Waals surface area contributed by atoms with Crippen LogP contribution in [0.4, 0.5) is 0 Å². The van der Waals surface area contributed by atoms with Crippen molar-refractivity contribution in [2.45, 2.75) is 0 Å². The summed E-state index contributed by atoms with van der Waals surface area (Å²) in [5.41, 5.74) is 0.939. The predicted octanol–water partition coefficient (Wildman–Crippen LogP) is -0.312. The minimum absolute atomic E-state index is 0. The van der Waals surface area contributed by atoms with E-state index in [9.17, 15) is 0 Å². The highest BCUT2D eigenvalue weighted by Gasteiger charge is 2.03. The second-order valence-corrected chi connectivity index (χ2v) is 3.52. The van der Waals surface area contributed by atoms with Gasteiger partial charge in [0, 0.05) is 0 Å². The summed E-state index contributed by atoms with van der Waals surface area (Å²) in [5.74, 6) is 0. The smallest absolute Gasteiger partial charge is 0.171 e. The summed E-state index contributed by atoms with van der Waals surface area (Å²) in [5, 5.41) is 1.19. The Bertz CT molecular complexity index is 317. The van der Waals surface area contributed by atoms with Gasteiger partial charge >= 0.3 is 0 Å². The van der Waals surface area contributed by atoms with Crippen molar-refractivity contribution >= 4 is 29.4 Å². The summed E-state index contributed by atoms with van der Waals surface area (Å²) in [6.45, 7) is 0. The van der Waals surface area contributed by atoms with E-state index in [1.165, 1.54) is 0 Å². The van der Waals surface area contributed by atoms with E-state index in [-0.39, 0.29) is 12.4 Å². The van der Waals surface area contributed by atoms with E-state index in [1.54, 1.807) is 6.07 Å². The van der Waals surface area contributed by atoms with Crippen molar-refractivity contribution in [3.63, 3.8) is 0 Å². The zero-order valence-corrected chi connectivity index (χ0v) is 9.66. The van der Waals surface area contributed by atoms with Crippen LogP contribution in [0, 0.1) is 0 Å². The predicted molar refractivity (Wildman–Crippen MR) is 53.7 cm³/mol. The standard InChI is InChI=1S/C9H10Cl2N.ClH/c1-12(2)6-7-4-3-5-8(10)9(7)11;/h3-6H,1-2H3;1H/q+1;/p-1. The van der Waals surface area contributed by atoms with Crippen molar-refractivity contribution in [2.24, 2.45) is 0 Å². The van der Waals surface area contributed by atoms with Crippen molar-refractivity contribution in [1.82, 2.24) is 0 Å². The Morgan fingerprint density at radius 2 is 1.85 bits per heavy atom. The minimum atomic E-state index is 0. The van der Waals surface area contributed by atoms with Gasteiger partial charge in [-0.1, -0.05) is 29.3 Å². The second-order valence-electron chi connectivity index (χ2n) is 2.74. The van der Waals surface area contributed by atoms with Crippen LogP contribution in [0.1, 0.15) is 5.56 Å². The number of hydrogen-bond donors (Lipinski definition) is 0. The van der Waals surface area contributed by atoms with Crippen molar-refractivity contribution in [1.29, 1.82) is 0 Å². The molecule has 0 aliphatic rings. The van der Waals surface area contributed by atoms with Gasteiger partial charge in [0.25, 0.3) is 0 Å². The van der Waals surface area contributed by atoms with Gasteiger partial charge in [0.15, 0.2) is 6.21 Å². The lowest BCUT2D eigenvalue weighted by Gasteiger charge is -1.97. The number of hydrogen-bond acceptors (Lipinski definition) is 0. The van der Waals surface area contributed by atoms with E-state index < -0.39 is 0 Å². The molecule has 0 radical (unpaired) electrons. The van der Waals surface area contributed by atoms with Gasteiger partial charge < -0.3 is 12.4 Å². The lowest BCUT2D eigenvalue weighted by atomic mass is 10.2. The Hall–Kier alpha value is -0.240. The van der Waals surface area contributed by atoms with Gasteiger partial charge in [-0.2, -0.15) is 0 Å². The molecule has 0 unspecified atom stereocenters. The van der Waals surface area contributed by atoms with E-state index >= 15 is 0 Å². The van der Waals surface area contributed by atoms with Crippen LogP contribution in [0.3, 0.4) is 0 Å². The lowest BCUT2D eigenvalue weighted by molar-refractivity contribution is -0.458. The van der Waals surface area contributed by atoms with Crippen LogP contribution < -0.4 is 12.4 Å². The normalized spacial score (nSPS) is 8.92. The van der Waals surface area contributed by atoms with Crippen molar-refractivity contribution in [3.8, 4) is 0 Å². The molecule has 0 spiro atoms. The maximum Gasteiger partial charge on any atom is 0.171 e. The first-order valence-corrected chi connectivity index (χ1v) is 4.32. The van der Waals surface area contributed by atoms with Crippen molar-refractivity contribution < 1.29 is 17.0 Å². The molecule has 1 rings (SSSR count). The fraction of sp³-hybridized carbons (Fsp3) is 0.222. The topological polar surface area (TPSA) is 3.01 Å². The summed E-state index contributed by atoms with van der Waals surface area (Å²) < 4.78 is 1.93. The molecule has 13 heavy (non-hydrogen) atoms. The summed E-state index contributed by atoms with van der Waals surface area (Å²) in [4.78, 5) is 0. The molecule has 1 aromatic carbocycles. The van der Waals surface area contributed by atoms with Crippen LogP contribution in [-0.2, 0) is 0 Å². The summed E-state index contributed by atoms with van der Waals surface area (Å²) in [6, 6.07) is 5.58. The van der Waals surface area contributed by atoms with E-state index in [1.807, 2.05) is 37.0 Å². The molecule has 0 heterocycles. The summed E-state index contributed by atoms with van der Waals surface area (Å²) in [6.07, 6.45) is 1.92. The maximum atomic E-state index is 5.95. The molecule has 72 valence electrons. The van der Waals surface area contributed by atoms with E-state index in [4.69, 9.17) is 23.2 Å². The van der Waals surface area contributed by atoms with E-state index in [0.29, 0.717) is 10.0 Å². The Kier molecular flexibility index (Phi) is 5.38. The first-order valence-electron chi connectivity index (χ1n) is 3.56. The molecule has 0 saturated carbocycles. The Balaban J connectivity index is 0.00000144. The van der Waals surface area contributed by atoms with Gasteiger partial charge in [0.2, 0.25) is 0 Å². The molecule has 1 aromatic rings. The van der Waals surface area contributed by atoms with Gasteiger partial charge in [-0.25, -0.2) is 4.58 Å². The van der Waals surface area contributed by atoms with Gasteiger partial charge in [0.05, 0.1) is 15.6 Å². The maximum absolute atomic E-state index is 5.95. The number of halogens is 3. The highest BCUT2D eigenvalue weighted by molar-refractivity contribution is 6.43. The van der Waals surface area contributed by atoms with Crippen molar-refractivity contribution in [2.75, 3.05) is 14.1 Å². The monoisotopic (exact) mass is 237 g/mol. The third-order valence-electron chi connectivity index (χ3n) is 1.38. The molecular formula is C9H10Cl3N. The Morgan fingerprint density at radius 3 is 2.38 bits per heavy atom. The third-order valence-corrected chi connectivity index (χ3v) is 2.21. The molecule has 1 nitrogen and oxygen atoms in total. The molecule has 0 amide bonds. The van der Waals surface area contributed by atoms with E-state index in [2.05, 4.69) is 0 Å². The SMILES string of the molecule is C[N+](C)=Cc1cccc(Cl)c1Cl.[Cl-]. The first-order chi connectivity index (χ1) is 5.61. The van der Waals surface area contributed by atoms with Crippen LogP contribution in [0.25, 0.3) is 0 Å². The fourth-order valence-corrected chi connectivity index (χ4v) is 1.25. The summed E-state index contributed by atoms with van der Waals surface area (Å²) >= 11 is 11.8. The minimum Gasteiger partial charge on any atom is -1.00 e. The summed E-state index contributed by atoms with van der Waals surface area (Å²) in [7, 11) is 3.88. The average Bonchev–Trinajstić information content (AvgIpc) is 1.98. The molecular weight excluding hydrogens is 228 g/mol. The highest BCUT2D eigenvalue weighted by atomic mass is 35.5. The van der Waals surface area contributed by atoms with Crippen molar-refractivity contribution in [3.05, 3.63) is 33.8 Å². The Labute approximate surface area is 94.4 Å². The molecule has 0 N–H and O–H groups in total. The number of benzene rings is 1. The molecule has 0 aromatic heterocycles. The zero-order valence-electron chi connectivity index (χ0n) is 7.39. The van der Waals surface area contributed by atoms with Crippen LogP contribution in [-0.4, -0.2) is 24.9 Å². The van der Waals surface area contributed by atoms with Crippen LogP contribution in [0.2, 0.25) is 10.0 Å². The van der Waals surface area contributed by atoms with Crippen LogP contribution in [0.5, 0.6) is 0 Å². The van der Waals surface area contributed by atoms with E-state index in [0.717, 1.165) is 5.56 Å². The molecule has 0 atom stereocenters. The van der Waals surface area contributed by atoms with Gasteiger partial charge in [0.1, 0.15) is 14.1 Å². The van der Waals surface area contributed by atoms with Gasteiger partial charge in [-0.3, -0.25) is 0 Å².